The van der Waals surface area contributed by atoms with E-state index in [0.29, 0.717) is 31.2 Å². The van der Waals surface area contributed by atoms with Crippen LogP contribution in [0.5, 0.6) is 0 Å². The highest BCUT2D eigenvalue weighted by atomic mass is 32.1. The molecule has 0 bridgehead atoms. The van der Waals surface area contributed by atoms with Gasteiger partial charge in [-0.15, -0.1) is 11.3 Å². The smallest absolute Gasteiger partial charge is 0.240 e. The fourth-order valence-corrected chi connectivity index (χ4v) is 2.29. The molecule has 0 radical (unpaired) electrons. The Hall–Kier alpha value is -1.93. The van der Waals surface area contributed by atoms with Crippen LogP contribution >= 0.6 is 11.3 Å². The molecule has 18 heavy (non-hydrogen) atoms. The summed E-state index contributed by atoms with van der Waals surface area (Å²) in [5.74, 6) is 6.08. The number of nitrogen functional groups attached to an aromatic ring is 1. The van der Waals surface area contributed by atoms with E-state index in [1.807, 2.05) is 11.4 Å². The van der Waals surface area contributed by atoms with Crippen LogP contribution in [0.4, 0.5) is 11.8 Å². The van der Waals surface area contributed by atoms with Crippen molar-refractivity contribution in [2.75, 3.05) is 17.3 Å². The number of nitrogens with zero attached hydrogens (tertiary/aromatic N) is 2. The summed E-state index contributed by atoms with van der Waals surface area (Å²) in [5.41, 5.74) is 7.50. The lowest BCUT2D eigenvalue weighted by Crippen LogP contribution is -2.14. The van der Waals surface area contributed by atoms with Gasteiger partial charge in [-0.1, -0.05) is 0 Å². The molecule has 2 aromatic heterocycles. The van der Waals surface area contributed by atoms with E-state index in [9.17, 15) is 4.79 Å². The van der Waals surface area contributed by atoms with Crippen molar-refractivity contribution in [1.82, 2.24) is 9.97 Å². The molecule has 1 amide bonds. The summed E-state index contributed by atoms with van der Waals surface area (Å²) in [7, 11) is 0. The Bertz CT molecular complexity index is 554. The maximum Gasteiger partial charge on any atom is 0.240 e. The molecule has 7 nitrogen and oxygen atoms in total. The molecule has 6 N–H and O–H groups in total. The van der Waals surface area contributed by atoms with Crippen molar-refractivity contribution in [3.8, 4) is 0 Å². The monoisotopic (exact) mass is 266 g/mol. The van der Waals surface area contributed by atoms with Crippen LogP contribution in [-0.2, 0) is 4.79 Å². The number of carbonyl (C=O) groups is 1. The Morgan fingerprint density at radius 3 is 3.00 bits per heavy atom. The second-order valence-electron chi connectivity index (χ2n) is 3.68. The standard InChI is InChI=1S/C10H14N6OS/c11-7(17)2-1-4-13-8-6-3-5-18-9(6)15-10(14-8)16-12/h3,5H,1-2,4,12H2,(H2,11,17)(H2,13,14,15,16). The summed E-state index contributed by atoms with van der Waals surface area (Å²) in [6.45, 7) is 0.620. The number of thiophene rings is 1. The van der Waals surface area contributed by atoms with Crippen LogP contribution in [0.25, 0.3) is 10.2 Å². The zero-order valence-corrected chi connectivity index (χ0v) is 10.5. The van der Waals surface area contributed by atoms with E-state index in [4.69, 9.17) is 11.6 Å². The van der Waals surface area contributed by atoms with Crippen LogP contribution < -0.4 is 22.3 Å². The first kappa shape index (κ1) is 12.5. The number of rotatable bonds is 6. The molecule has 0 aliphatic carbocycles. The van der Waals surface area contributed by atoms with Gasteiger partial charge >= 0.3 is 0 Å². The highest BCUT2D eigenvalue weighted by molar-refractivity contribution is 7.16. The molecule has 0 aliphatic rings. The predicted molar refractivity (Wildman–Crippen MR) is 72.1 cm³/mol. The van der Waals surface area contributed by atoms with Crippen LogP contribution in [-0.4, -0.2) is 22.4 Å². The Morgan fingerprint density at radius 1 is 1.44 bits per heavy atom. The van der Waals surface area contributed by atoms with Gasteiger partial charge in [-0.05, 0) is 17.9 Å². The summed E-state index contributed by atoms with van der Waals surface area (Å²) >= 11 is 1.51. The van der Waals surface area contributed by atoms with Gasteiger partial charge in [0, 0.05) is 13.0 Å². The van der Waals surface area contributed by atoms with Crippen LogP contribution in [0, 0.1) is 0 Å². The van der Waals surface area contributed by atoms with E-state index in [1.54, 1.807) is 0 Å². The van der Waals surface area contributed by atoms with Gasteiger partial charge in [-0.3, -0.25) is 10.2 Å². The molecule has 0 fully saturated rings. The van der Waals surface area contributed by atoms with Crippen molar-refractivity contribution >= 4 is 39.2 Å². The predicted octanol–water partition coefficient (Wildman–Crippen LogP) is 0.654. The van der Waals surface area contributed by atoms with E-state index < -0.39 is 0 Å². The number of anilines is 2. The van der Waals surface area contributed by atoms with E-state index in [0.717, 1.165) is 10.2 Å². The third-order valence-electron chi connectivity index (χ3n) is 2.35. The van der Waals surface area contributed by atoms with Crippen LogP contribution in [0.3, 0.4) is 0 Å². The lowest BCUT2D eigenvalue weighted by atomic mass is 10.3. The number of fused-ring (bicyclic) bond motifs is 1. The van der Waals surface area contributed by atoms with Gasteiger partial charge in [-0.25, -0.2) is 10.8 Å². The van der Waals surface area contributed by atoms with Crippen molar-refractivity contribution in [2.24, 2.45) is 11.6 Å². The van der Waals surface area contributed by atoms with Gasteiger partial charge in [0.2, 0.25) is 11.9 Å². The Morgan fingerprint density at radius 2 is 2.28 bits per heavy atom. The van der Waals surface area contributed by atoms with E-state index in [-0.39, 0.29) is 5.91 Å². The van der Waals surface area contributed by atoms with Gasteiger partial charge in [0.15, 0.2) is 0 Å². The quantitative estimate of drug-likeness (QED) is 0.346. The number of nitrogens with one attached hydrogen (secondary N) is 2. The summed E-state index contributed by atoms with van der Waals surface area (Å²) in [6, 6.07) is 1.94. The molecule has 0 aromatic carbocycles. The van der Waals surface area contributed by atoms with Gasteiger partial charge < -0.3 is 11.1 Å². The Kier molecular flexibility index (Phi) is 3.90. The van der Waals surface area contributed by atoms with Crippen molar-refractivity contribution in [2.45, 2.75) is 12.8 Å². The van der Waals surface area contributed by atoms with Crippen molar-refractivity contribution in [1.29, 1.82) is 0 Å². The SMILES string of the molecule is NNc1nc(NCCCC(N)=O)c2ccsc2n1. The second kappa shape index (κ2) is 5.61. The van der Waals surface area contributed by atoms with Gasteiger partial charge in [0.05, 0.1) is 5.39 Å². The molecule has 2 rings (SSSR count). The number of hydrogen-bond acceptors (Lipinski definition) is 7. The summed E-state index contributed by atoms with van der Waals surface area (Å²) in [6.07, 6.45) is 1.02. The minimum absolute atomic E-state index is 0.301. The Balaban J connectivity index is 2.10. The highest BCUT2D eigenvalue weighted by Gasteiger charge is 2.07. The molecular weight excluding hydrogens is 252 g/mol. The zero-order chi connectivity index (χ0) is 13.0. The van der Waals surface area contributed by atoms with E-state index >= 15 is 0 Å². The third-order valence-corrected chi connectivity index (χ3v) is 3.15. The number of amides is 1. The van der Waals surface area contributed by atoms with Crippen LogP contribution in [0.1, 0.15) is 12.8 Å². The molecule has 8 heteroatoms. The lowest BCUT2D eigenvalue weighted by molar-refractivity contribution is -0.118. The normalized spacial score (nSPS) is 10.5. The first-order valence-electron chi connectivity index (χ1n) is 5.44. The highest BCUT2D eigenvalue weighted by Crippen LogP contribution is 2.26. The lowest BCUT2D eigenvalue weighted by Gasteiger charge is -2.07. The number of primary amides is 1. The summed E-state index contributed by atoms with van der Waals surface area (Å²) < 4.78 is 0. The molecule has 96 valence electrons. The molecule has 0 unspecified atom stereocenters. The van der Waals surface area contributed by atoms with Gasteiger partial charge in [-0.2, -0.15) is 4.98 Å². The topological polar surface area (TPSA) is 119 Å². The molecule has 0 spiro atoms. The third kappa shape index (κ3) is 2.84. The molecule has 0 saturated carbocycles. The van der Waals surface area contributed by atoms with Gasteiger partial charge in [0.1, 0.15) is 10.6 Å². The van der Waals surface area contributed by atoms with Crippen LogP contribution in [0.15, 0.2) is 11.4 Å². The molecule has 2 heterocycles. The first-order chi connectivity index (χ1) is 8.70. The molecule has 0 atom stereocenters. The average molecular weight is 266 g/mol. The number of carbonyl (C=O) groups excluding carboxylic acids is 1. The maximum atomic E-state index is 10.6. The zero-order valence-electron chi connectivity index (χ0n) is 9.64. The van der Waals surface area contributed by atoms with Gasteiger partial charge in [0.25, 0.3) is 0 Å². The summed E-state index contributed by atoms with van der Waals surface area (Å²) in [5, 5.41) is 6.04. The van der Waals surface area contributed by atoms with Crippen molar-refractivity contribution in [3.05, 3.63) is 11.4 Å². The average Bonchev–Trinajstić information content (AvgIpc) is 2.82. The number of hydrogen-bond donors (Lipinski definition) is 4. The maximum absolute atomic E-state index is 10.6. The molecular formula is C10H14N6OS. The minimum Gasteiger partial charge on any atom is -0.370 e. The minimum atomic E-state index is -0.301. The first-order valence-corrected chi connectivity index (χ1v) is 6.32. The fourth-order valence-electron chi connectivity index (χ4n) is 1.52. The number of nitrogens with two attached hydrogens (primary N) is 2. The van der Waals surface area contributed by atoms with Crippen LogP contribution in [0.2, 0.25) is 0 Å². The van der Waals surface area contributed by atoms with E-state index in [2.05, 4.69) is 20.7 Å². The molecule has 0 aliphatic heterocycles. The molecule has 0 saturated heterocycles. The van der Waals surface area contributed by atoms with E-state index in [1.165, 1.54) is 11.3 Å². The summed E-state index contributed by atoms with van der Waals surface area (Å²) in [4.78, 5) is 20.0. The van der Waals surface area contributed by atoms with Crippen molar-refractivity contribution in [3.63, 3.8) is 0 Å². The number of hydrazine groups is 1. The van der Waals surface area contributed by atoms with Crippen molar-refractivity contribution < 1.29 is 4.79 Å². The Labute approximate surface area is 108 Å². The largest absolute Gasteiger partial charge is 0.370 e. The molecule has 2 aromatic rings. The second-order valence-corrected chi connectivity index (χ2v) is 4.57. The fraction of sp³-hybridized carbons (Fsp3) is 0.300. The number of aromatic nitrogens is 2.